The number of carbonyl (C=O) groups excluding carboxylic acids is 3. The lowest BCUT2D eigenvalue weighted by molar-refractivity contribution is -0.166. The van der Waals surface area contributed by atoms with Gasteiger partial charge in [0, 0.05) is 38.8 Å². The highest BCUT2D eigenvalue weighted by atomic mass is 16.5. The van der Waals surface area contributed by atoms with Crippen molar-refractivity contribution in [2.75, 3.05) is 26.7 Å². The Labute approximate surface area is 254 Å². The number of rotatable bonds is 10. The first kappa shape index (κ1) is 30.9. The molecule has 0 radical (unpaired) electrons. The molecule has 10 nitrogen and oxygen atoms in total. The van der Waals surface area contributed by atoms with E-state index in [1.807, 2.05) is 17.0 Å². The molecular formula is C33H45N5O5. The van der Waals surface area contributed by atoms with Crippen molar-refractivity contribution in [1.29, 1.82) is 0 Å². The second-order valence-corrected chi connectivity index (χ2v) is 12.2. The summed E-state index contributed by atoms with van der Waals surface area (Å²) in [4.78, 5) is 48.0. The number of ether oxygens (including phenoxy) is 1. The first-order chi connectivity index (χ1) is 20.8. The molecule has 0 bridgehead atoms. The standard InChI is InChI=1S/C33H45N5O5/c1-3-4-18-38-31(41)28(29(39)23-8-6-5-7-9-23)36-32(42)33(38)16-19-37(20-17-33)22-25-12-15-27(21-35-25)43-26-13-10-24(11-14-26)30(40)34-2/h10-15,21,23,28-29,39H,3-9,16-20,22H2,1-2H3,(H,34,40)(H,36,42)/t28-,29-/m1/s1. The molecule has 2 atom stereocenters. The third-order valence-corrected chi connectivity index (χ3v) is 9.41. The molecule has 3 amide bonds. The first-order valence-electron chi connectivity index (χ1n) is 15.8. The molecule has 3 heterocycles. The summed E-state index contributed by atoms with van der Waals surface area (Å²) in [7, 11) is 1.59. The first-order valence-corrected chi connectivity index (χ1v) is 15.8. The van der Waals surface area contributed by atoms with Crippen molar-refractivity contribution < 1.29 is 24.2 Å². The van der Waals surface area contributed by atoms with E-state index in [0.29, 0.717) is 56.1 Å². The molecule has 232 valence electrons. The number of piperazine rings is 1. The van der Waals surface area contributed by atoms with Crippen LogP contribution in [0.1, 0.15) is 80.8 Å². The van der Waals surface area contributed by atoms with E-state index in [1.165, 1.54) is 6.42 Å². The van der Waals surface area contributed by atoms with Gasteiger partial charge in [0.05, 0.1) is 18.0 Å². The molecule has 3 fully saturated rings. The van der Waals surface area contributed by atoms with Crippen LogP contribution in [0.3, 0.4) is 0 Å². The smallest absolute Gasteiger partial charge is 0.251 e. The second-order valence-electron chi connectivity index (χ2n) is 12.2. The number of hydrogen-bond acceptors (Lipinski definition) is 7. The van der Waals surface area contributed by atoms with Crippen molar-refractivity contribution in [3.05, 3.63) is 53.9 Å². The summed E-state index contributed by atoms with van der Waals surface area (Å²) < 4.78 is 5.89. The largest absolute Gasteiger partial charge is 0.456 e. The topological polar surface area (TPSA) is 124 Å². The number of benzene rings is 1. The fourth-order valence-electron chi connectivity index (χ4n) is 6.79. The van der Waals surface area contributed by atoms with Crippen molar-refractivity contribution in [2.24, 2.45) is 5.92 Å². The number of hydrogen-bond donors (Lipinski definition) is 3. The quantitative estimate of drug-likeness (QED) is 0.386. The number of carbonyl (C=O) groups is 3. The highest BCUT2D eigenvalue weighted by Gasteiger charge is 2.55. The van der Waals surface area contributed by atoms with Crippen molar-refractivity contribution >= 4 is 17.7 Å². The third kappa shape index (κ3) is 6.86. The van der Waals surface area contributed by atoms with Crippen LogP contribution < -0.4 is 15.4 Å². The average Bonchev–Trinajstić information content (AvgIpc) is 3.04. The van der Waals surface area contributed by atoms with E-state index in [1.54, 1.807) is 37.5 Å². The Hall–Kier alpha value is -3.50. The summed E-state index contributed by atoms with van der Waals surface area (Å²) in [6, 6.07) is 9.87. The number of aliphatic hydroxyl groups excluding tert-OH is 1. The van der Waals surface area contributed by atoms with Crippen LogP contribution in [0.15, 0.2) is 42.6 Å². The number of aliphatic hydroxyl groups is 1. The maximum absolute atomic E-state index is 13.8. The van der Waals surface area contributed by atoms with Crippen LogP contribution in [0.4, 0.5) is 0 Å². The summed E-state index contributed by atoms with van der Waals surface area (Å²) in [5, 5.41) is 16.8. The molecular weight excluding hydrogens is 546 g/mol. The van der Waals surface area contributed by atoms with Crippen molar-refractivity contribution in [3.63, 3.8) is 0 Å². The lowest BCUT2D eigenvalue weighted by Crippen LogP contribution is -2.75. The average molecular weight is 592 g/mol. The highest BCUT2D eigenvalue weighted by Crippen LogP contribution is 2.36. The third-order valence-electron chi connectivity index (χ3n) is 9.41. The van der Waals surface area contributed by atoms with E-state index < -0.39 is 17.7 Å². The maximum Gasteiger partial charge on any atom is 0.251 e. The number of aromatic nitrogens is 1. The Balaban J connectivity index is 1.19. The minimum atomic E-state index is -0.871. The number of nitrogens with one attached hydrogen (secondary N) is 2. The van der Waals surface area contributed by atoms with Crippen molar-refractivity contribution in [2.45, 2.75) is 88.9 Å². The number of nitrogens with zero attached hydrogens (tertiary/aromatic N) is 3. The van der Waals surface area contributed by atoms with Gasteiger partial charge in [-0.15, -0.1) is 0 Å². The zero-order valence-electron chi connectivity index (χ0n) is 25.4. The molecule has 1 aliphatic carbocycles. The molecule has 10 heteroatoms. The van der Waals surface area contributed by atoms with Crippen LogP contribution in [0.25, 0.3) is 0 Å². The molecule has 3 N–H and O–H groups in total. The summed E-state index contributed by atoms with van der Waals surface area (Å²) >= 11 is 0. The van der Waals surface area contributed by atoms with Crippen LogP contribution in [-0.4, -0.2) is 82.0 Å². The van der Waals surface area contributed by atoms with Gasteiger partial charge in [0.1, 0.15) is 23.1 Å². The van der Waals surface area contributed by atoms with E-state index in [9.17, 15) is 19.5 Å². The van der Waals surface area contributed by atoms with Crippen molar-refractivity contribution in [3.8, 4) is 11.5 Å². The number of likely N-dealkylation sites (tertiary alicyclic amines) is 1. The predicted octanol–water partition coefficient (Wildman–Crippen LogP) is 3.64. The minimum Gasteiger partial charge on any atom is -0.456 e. The van der Waals surface area contributed by atoms with E-state index in [-0.39, 0.29) is 23.6 Å². The predicted molar refractivity (Wildman–Crippen MR) is 163 cm³/mol. The molecule has 1 saturated carbocycles. The van der Waals surface area contributed by atoms with E-state index >= 15 is 0 Å². The summed E-state index contributed by atoms with van der Waals surface area (Å²) in [6.07, 6.45) is 8.81. The van der Waals surface area contributed by atoms with E-state index in [4.69, 9.17) is 4.74 Å². The van der Waals surface area contributed by atoms with E-state index in [2.05, 4.69) is 27.4 Å². The molecule has 43 heavy (non-hydrogen) atoms. The second kappa shape index (κ2) is 13.9. The molecule has 2 aliphatic heterocycles. The lowest BCUT2D eigenvalue weighted by Gasteiger charge is -2.52. The number of pyridine rings is 1. The van der Waals surface area contributed by atoms with Gasteiger partial charge in [-0.2, -0.15) is 0 Å². The monoisotopic (exact) mass is 591 g/mol. The Bertz CT molecular complexity index is 1250. The number of amides is 3. The zero-order chi connectivity index (χ0) is 30.4. The summed E-state index contributed by atoms with van der Waals surface area (Å²) in [5.74, 6) is 0.882. The Kier molecular flexibility index (Phi) is 9.97. The Morgan fingerprint density at radius 1 is 1.09 bits per heavy atom. The Morgan fingerprint density at radius 3 is 2.42 bits per heavy atom. The van der Waals surface area contributed by atoms with Gasteiger partial charge in [-0.3, -0.25) is 24.3 Å². The number of unbranched alkanes of at least 4 members (excludes halogenated alkanes) is 1. The SMILES string of the molecule is CCCCN1C(=O)[C@@H]([C@H](O)C2CCCCC2)NC(=O)C12CCN(Cc1ccc(Oc3ccc(C(=O)NC)cc3)cn1)CC2. The van der Waals surface area contributed by atoms with Gasteiger partial charge in [0.2, 0.25) is 11.8 Å². The van der Waals surface area contributed by atoms with Gasteiger partial charge in [0.25, 0.3) is 5.91 Å². The van der Waals surface area contributed by atoms with Gasteiger partial charge in [-0.05, 0) is 74.4 Å². The molecule has 0 unspecified atom stereocenters. The van der Waals surface area contributed by atoms with E-state index in [0.717, 1.165) is 44.2 Å². The molecule has 3 aliphatic rings. The van der Waals surface area contributed by atoms with Gasteiger partial charge in [-0.25, -0.2) is 0 Å². The molecule has 1 spiro atoms. The van der Waals surface area contributed by atoms with Crippen LogP contribution in [0, 0.1) is 5.92 Å². The maximum atomic E-state index is 13.8. The normalized spacial score (nSPS) is 21.8. The summed E-state index contributed by atoms with van der Waals surface area (Å²) in [6.45, 7) is 4.58. The minimum absolute atomic E-state index is 0.0609. The van der Waals surface area contributed by atoms with Gasteiger partial charge >= 0.3 is 0 Å². The van der Waals surface area contributed by atoms with Crippen LogP contribution in [0.5, 0.6) is 11.5 Å². The van der Waals surface area contributed by atoms with Crippen LogP contribution >= 0.6 is 0 Å². The molecule has 5 rings (SSSR count). The van der Waals surface area contributed by atoms with Crippen LogP contribution in [0.2, 0.25) is 0 Å². The van der Waals surface area contributed by atoms with Gasteiger partial charge < -0.3 is 25.4 Å². The molecule has 2 saturated heterocycles. The molecule has 1 aromatic carbocycles. The highest BCUT2D eigenvalue weighted by molar-refractivity contribution is 6.00. The van der Waals surface area contributed by atoms with Gasteiger partial charge in [-0.1, -0.05) is 32.6 Å². The molecule has 1 aromatic heterocycles. The van der Waals surface area contributed by atoms with Crippen LogP contribution in [-0.2, 0) is 16.1 Å². The fraction of sp³-hybridized carbons (Fsp3) is 0.576. The Morgan fingerprint density at radius 2 is 1.79 bits per heavy atom. The summed E-state index contributed by atoms with van der Waals surface area (Å²) in [5.41, 5.74) is 0.581. The lowest BCUT2D eigenvalue weighted by atomic mass is 9.78. The fourth-order valence-corrected chi connectivity index (χ4v) is 6.79. The molecule has 2 aromatic rings. The van der Waals surface area contributed by atoms with Crippen molar-refractivity contribution in [1.82, 2.24) is 25.4 Å². The zero-order valence-corrected chi connectivity index (χ0v) is 25.4. The van der Waals surface area contributed by atoms with Gasteiger partial charge in [0.15, 0.2) is 0 Å². The number of piperidine rings is 1.